The maximum Gasteiger partial charge on any atom is 0.270 e. The molecule has 0 aliphatic heterocycles. The van der Waals surface area contributed by atoms with E-state index in [-0.39, 0.29) is 24.0 Å². The number of carbonyl (C=O) groups is 2. The minimum atomic E-state index is -0.804. The van der Waals surface area contributed by atoms with Gasteiger partial charge in [0, 0.05) is 12.2 Å². The van der Waals surface area contributed by atoms with Crippen molar-refractivity contribution in [3.63, 3.8) is 0 Å². The normalized spacial score (nSPS) is 11.8. The first kappa shape index (κ1) is 24.9. The summed E-state index contributed by atoms with van der Waals surface area (Å²) in [5, 5.41) is 12.1. The Hall–Kier alpha value is -3.78. The number of primary amides is 1. The lowest BCUT2D eigenvalue weighted by Crippen LogP contribution is -2.45. The van der Waals surface area contributed by atoms with Gasteiger partial charge >= 0.3 is 0 Å². The first-order chi connectivity index (χ1) is 16.2. The summed E-state index contributed by atoms with van der Waals surface area (Å²) in [6.45, 7) is 3.78. The molecule has 0 saturated carbocycles. The maximum atomic E-state index is 13.1. The number of nitrogens with two attached hydrogens (primary N) is 1. The van der Waals surface area contributed by atoms with E-state index < -0.39 is 17.9 Å². The number of pyridine rings is 1. The molecule has 3 aromatic rings. The third-order valence-corrected chi connectivity index (χ3v) is 5.07. The molecular weight excluding hydrogens is 437 g/mol. The SMILES string of the molecule is CC(C)CC(NC(=O)c1cc(CCO)cc(-c2ccc(Oc3ccc(F)cc3)cc2)n1)C(N)=O. The summed E-state index contributed by atoms with van der Waals surface area (Å²) in [6, 6.07) is 15.3. The Morgan fingerprint density at radius 2 is 1.68 bits per heavy atom. The van der Waals surface area contributed by atoms with Crippen molar-refractivity contribution in [3.05, 3.63) is 77.7 Å². The number of rotatable bonds is 10. The fraction of sp³-hybridized carbons (Fsp3) is 0.269. The predicted molar refractivity (Wildman–Crippen MR) is 127 cm³/mol. The van der Waals surface area contributed by atoms with Crippen molar-refractivity contribution < 1.29 is 23.8 Å². The number of benzene rings is 2. The third-order valence-electron chi connectivity index (χ3n) is 5.07. The Bertz CT molecular complexity index is 1130. The smallest absolute Gasteiger partial charge is 0.270 e. The van der Waals surface area contributed by atoms with Crippen LogP contribution in [0.25, 0.3) is 11.3 Å². The summed E-state index contributed by atoms with van der Waals surface area (Å²) in [4.78, 5) is 29.1. The molecule has 34 heavy (non-hydrogen) atoms. The van der Waals surface area contributed by atoms with Crippen LogP contribution >= 0.6 is 0 Å². The summed E-state index contributed by atoms with van der Waals surface area (Å²) >= 11 is 0. The molecule has 178 valence electrons. The second-order valence-electron chi connectivity index (χ2n) is 8.36. The van der Waals surface area contributed by atoms with E-state index in [0.29, 0.717) is 30.0 Å². The lowest BCUT2D eigenvalue weighted by Gasteiger charge is -2.17. The van der Waals surface area contributed by atoms with Crippen molar-refractivity contribution in [3.8, 4) is 22.8 Å². The molecule has 1 atom stereocenters. The first-order valence-electron chi connectivity index (χ1n) is 11.0. The Morgan fingerprint density at radius 3 is 2.24 bits per heavy atom. The molecule has 0 saturated heterocycles. The zero-order chi connectivity index (χ0) is 24.7. The minimum Gasteiger partial charge on any atom is -0.457 e. The van der Waals surface area contributed by atoms with Crippen molar-refractivity contribution in [1.82, 2.24) is 10.3 Å². The van der Waals surface area contributed by atoms with E-state index >= 15 is 0 Å². The fourth-order valence-electron chi connectivity index (χ4n) is 3.41. The van der Waals surface area contributed by atoms with Gasteiger partial charge in [-0.3, -0.25) is 9.59 Å². The second-order valence-corrected chi connectivity index (χ2v) is 8.36. The molecule has 1 heterocycles. The maximum absolute atomic E-state index is 13.1. The van der Waals surface area contributed by atoms with Crippen molar-refractivity contribution in [1.29, 1.82) is 0 Å². The number of aliphatic hydroxyl groups is 1. The minimum absolute atomic E-state index is 0.0911. The van der Waals surface area contributed by atoms with E-state index in [2.05, 4.69) is 10.3 Å². The van der Waals surface area contributed by atoms with Crippen LogP contribution in [-0.4, -0.2) is 34.6 Å². The Balaban J connectivity index is 1.84. The van der Waals surface area contributed by atoms with Gasteiger partial charge in [-0.05, 0) is 85.0 Å². The van der Waals surface area contributed by atoms with Gasteiger partial charge in [0.1, 0.15) is 29.1 Å². The van der Waals surface area contributed by atoms with Crippen molar-refractivity contribution >= 4 is 11.8 Å². The molecule has 1 unspecified atom stereocenters. The molecule has 3 rings (SSSR count). The lowest BCUT2D eigenvalue weighted by atomic mass is 10.0. The van der Waals surface area contributed by atoms with Crippen LogP contribution < -0.4 is 15.8 Å². The van der Waals surface area contributed by atoms with Gasteiger partial charge in [-0.15, -0.1) is 0 Å². The molecule has 0 bridgehead atoms. The zero-order valence-corrected chi connectivity index (χ0v) is 19.1. The molecule has 4 N–H and O–H groups in total. The quantitative estimate of drug-likeness (QED) is 0.421. The highest BCUT2D eigenvalue weighted by Gasteiger charge is 2.21. The van der Waals surface area contributed by atoms with Crippen LogP contribution in [0.2, 0.25) is 0 Å². The van der Waals surface area contributed by atoms with Crippen molar-refractivity contribution in [2.75, 3.05) is 6.61 Å². The van der Waals surface area contributed by atoms with Crippen LogP contribution in [0.1, 0.15) is 36.3 Å². The monoisotopic (exact) mass is 465 g/mol. The number of halogens is 1. The Kier molecular flexibility index (Phi) is 8.32. The summed E-state index contributed by atoms with van der Waals surface area (Å²) in [5.74, 6) is -0.243. The molecular formula is C26H28FN3O4. The zero-order valence-electron chi connectivity index (χ0n) is 19.1. The third kappa shape index (κ3) is 6.86. The molecule has 8 heteroatoms. The van der Waals surface area contributed by atoms with E-state index in [0.717, 1.165) is 11.1 Å². The number of aliphatic hydroxyl groups excluding tert-OH is 1. The lowest BCUT2D eigenvalue weighted by molar-refractivity contribution is -0.120. The molecule has 1 aromatic heterocycles. The van der Waals surface area contributed by atoms with Gasteiger partial charge in [-0.2, -0.15) is 0 Å². The summed E-state index contributed by atoms with van der Waals surface area (Å²) < 4.78 is 18.8. The number of carbonyl (C=O) groups excluding carboxylic acids is 2. The highest BCUT2D eigenvalue weighted by Crippen LogP contribution is 2.26. The van der Waals surface area contributed by atoms with Crippen molar-refractivity contribution in [2.45, 2.75) is 32.7 Å². The van der Waals surface area contributed by atoms with Gasteiger partial charge in [-0.1, -0.05) is 13.8 Å². The molecule has 2 aromatic carbocycles. The van der Waals surface area contributed by atoms with Gasteiger partial charge in [0.05, 0.1) is 5.69 Å². The van der Waals surface area contributed by atoms with Crippen LogP contribution in [-0.2, 0) is 11.2 Å². The molecule has 7 nitrogen and oxygen atoms in total. The predicted octanol–water partition coefficient (Wildman–Crippen LogP) is 3.84. The van der Waals surface area contributed by atoms with E-state index in [4.69, 9.17) is 10.5 Å². The number of hydrogen-bond donors (Lipinski definition) is 3. The number of aromatic nitrogens is 1. The number of nitrogens with zero attached hydrogens (tertiary/aromatic N) is 1. The van der Waals surface area contributed by atoms with E-state index in [1.54, 1.807) is 36.4 Å². The van der Waals surface area contributed by atoms with Gasteiger partial charge < -0.3 is 20.9 Å². The first-order valence-corrected chi connectivity index (χ1v) is 11.0. The summed E-state index contributed by atoms with van der Waals surface area (Å²) in [7, 11) is 0. The second kappa shape index (κ2) is 11.4. The molecule has 2 amide bonds. The van der Waals surface area contributed by atoms with E-state index in [9.17, 15) is 19.1 Å². The topological polar surface area (TPSA) is 115 Å². The van der Waals surface area contributed by atoms with Crippen molar-refractivity contribution in [2.24, 2.45) is 11.7 Å². The summed E-state index contributed by atoms with van der Waals surface area (Å²) in [6.07, 6.45) is 0.757. The number of nitrogens with one attached hydrogen (secondary N) is 1. The van der Waals surface area contributed by atoms with Crippen LogP contribution in [0.3, 0.4) is 0 Å². The average Bonchev–Trinajstić information content (AvgIpc) is 2.80. The Labute approximate surface area is 197 Å². The molecule has 0 radical (unpaired) electrons. The van der Waals surface area contributed by atoms with Crippen LogP contribution in [0, 0.1) is 11.7 Å². The van der Waals surface area contributed by atoms with Gasteiger partial charge in [0.25, 0.3) is 5.91 Å². The molecule has 0 aliphatic rings. The molecule has 0 spiro atoms. The standard InChI is InChI=1S/C26H28FN3O4/c1-16(2)13-23(25(28)32)30-26(33)24-15-17(11-12-31)14-22(29-24)18-3-7-20(8-4-18)34-21-9-5-19(27)6-10-21/h3-10,14-16,23,31H,11-13H2,1-2H3,(H2,28,32)(H,30,33). The van der Waals surface area contributed by atoms with Gasteiger partial charge in [0.15, 0.2) is 0 Å². The number of ether oxygens (including phenoxy) is 1. The Morgan fingerprint density at radius 1 is 1.06 bits per heavy atom. The number of amides is 2. The van der Waals surface area contributed by atoms with Crippen LogP contribution in [0.4, 0.5) is 4.39 Å². The fourth-order valence-corrected chi connectivity index (χ4v) is 3.41. The highest BCUT2D eigenvalue weighted by atomic mass is 19.1. The van der Waals surface area contributed by atoms with Gasteiger partial charge in [0.2, 0.25) is 5.91 Å². The molecule has 0 aliphatic carbocycles. The van der Waals surface area contributed by atoms with E-state index in [1.807, 2.05) is 13.8 Å². The van der Waals surface area contributed by atoms with Crippen LogP contribution in [0.15, 0.2) is 60.7 Å². The largest absolute Gasteiger partial charge is 0.457 e. The van der Waals surface area contributed by atoms with E-state index in [1.165, 1.54) is 24.3 Å². The molecule has 0 fully saturated rings. The number of hydrogen-bond acceptors (Lipinski definition) is 5. The van der Waals surface area contributed by atoms with Gasteiger partial charge in [-0.25, -0.2) is 9.37 Å². The highest BCUT2D eigenvalue weighted by molar-refractivity contribution is 5.96. The average molecular weight is 466 g/mol. The summed E-state index contributed by atoms with van der Waals surface area (Å²) in [5.41, 5.74) is 7.56. The van der Waals surface area contributed by atoms with Crippen LogP contribution in [0.5, 0.6) is 11.5 Å².